The Kier molecular flexibility index (Phi) is 2.76. The second-order valence-corrected chi connectivity index (χ2v) is 6.25. The molecule has 0 amide bonds. The van der Waals surface area contributed by atoms with Gasteiger partial charge in [0, 0.05) is 12.5 Å². The number of aromatic nitrogens is 3. The third-order valence-electron chi connectivity index (χ3n) is 5.16. The lowest BCUT2D eigenvalue weighted by molar-refractivity contribution is 0.0604. The summed E-state index contributed by atoms with van der Waals surface area (Å²) in [7, 11) is 0. The van der Waals surface area contributed by atoms with Gasteiger partial charge in [-0.3, -0.25) is 4.79 Å². The van der Waals surface area contributed by atoms with E-state index in [1.165, 1.54) is 12.5 Å². The van der Waals surface area contributed by atoms with Crippen molar-refractivity contribution in [1.82, 2.24) is 15.0 Å². The molecule has 0 spiro atoms. The molecule has 2 fully saturated rings. The Bertz CT molecular complexity index is 790. The Morgan fingerprint density at radius 3 is 3.05 bits per heavy atom. The predicted octanol–water partition coefficient (Wildman–Crippen LogP) is 2.56. The van der Waals surface area contributed by atoms with E-state index in [2.05, 4.69) is 20.3 Å². The summed E-state index contributed by atoms with van der Waals surface area (Å²) in [6.45, 7) is 0.196. The second-order valence-electron chi connectivity index (χ2n) is 6.25. The molecule has 2 saturated carbocycles. The zero-order valence-electron chi connectivity index (χ0n) is 11.9. The number of halogens is 2. The van der Waals surface area contributed by atoms with E-state index in [9.17, 15) is 13.6 Å². The maximum absolute atomic E-state index is 14.1. The van der Waals surface area contributed by atoms with Crippen molar-refractivity contribution in [3.05, 3.63) is 28.9 Å². The number of fused-ring (bicyclic) bond motifs is 2. The fraction of sp³-hybridized carbons (Fsp3) is 0.533. The quantitative estimate of drug-likeness (QED) is 0.914. The van der Waals surface area contributed by atoms with Gasteiger partial charge in [0.25, 0.3) is 11.5 Å². The van der Waals surface area contributed by atoms with Crippen LogP contribution < -0.4 is 10.9 Å². The highest BCUT2D eigenvalue weighted by Gasteiger charge is 2.79. The zero-order chi connectivity index (χ0) is 15.4. The van der Waals surface area contributed by atoms with E-state index in [0.29, 0.717) is 29.6 Å². The van der Waals surface area contributed by atoms with Crippen LogP contribution >= 0.6 is 0 Å². The number of nitrogens with zero attached hydrogens (tertiary/aromatic N) is 2. The fourth-order valence-corrected chi connectivity index (χ4v) is 3.82. The van der Waals surface area contributed by atoms with Crippen LogP contribution in [0.2, 0.25) is 0 Å². The van der Waals surface area contributed by atoms with Gasteiger partial charge in [-0.2, -0.15) is 0 Å². The molecule has 2 aliphatic carbocycles. The van der Waals surface area contributed by atoms with E-state index in [1.807, 2.05) is 0 Å². The van der Waals surface area contributed by atoms with Gasteiger partial charge in [0.15, 0.2) is 0 Å². The molecule has 7 heteroatoms. The first-order valence-corrected chi connectivity index (χ1v) is 7.50. The molecular formula is C15H16F2N4O. The molecule has 2 N–H and O–H groups in total. The number of aromatic amines is 1. The van der Waals surface area contributed by atoms with Gasteiger partial charge in [0.2, 0.25) is 0 Å². The van der Waals surface area contributed by atoms with Crippen LogP contribution in [0.5, 0.6) is 0 Å². The molecule has 2 aromatic heterocycles. The Hall–Kier alpha value is -2.05. The van der Waals surface area contributed by atoms with Crippen molar-refractivity contribution in [3.8, 4) is 0 Å². The van der Waals surface area contributed by atoms with Crippen LogP contribution in [0, 0.1) is 11.3 Å². The van der Waals surface area contributed by atoms with Crippen LogP contribution in [0.15, 0.2) is 23.4 Å². The number of rotatable bonds is 3. The molecule has 2 heterocycles. The standard InChI is InChI=1S/C15H16F2N4O/c16-15(17)11-3-1-2-4-14(11,15)7-19-12-5-9-10(6-18-12)20-8-21-13(9)22/h5-6,8,11H,1-4,7H2,(H,18,19)(H,20,21,22). The molecule has 0 aliphatic heterocycles. The highest BCUT2D eigenvalue weighted by atomic mass is 19.3. The van der Waals surface area contributed by atoms with Crippen LogP contribution in [0.3, 0.4) is 0 Å². The zero-order valence-corrected chi connectivity index (χ0v) is 11.9. The summed E-state index contributed by atoms with van der Waals surface area (Å²) in [6, 6.07) is 1.57. The summed E-state index contributed by atoms with van der Waals surface area (Å²) >= 11 is 0. The van der Waals surface area contributed by atoms with E-state index < -0.39 is 17.3 Å². The molecule has 0 radical (unpaired) electrons. The third-order valence-corrected chi connectivity index (χ3v) is 5.16. The van der Waals surface area contributed by atoms with Crippen molar-refractivity contribution in [2.45, 2.75) is 31.6 Å². The van der Waals surface area contributed by atoms with E-state index in [4.69, 9.17) is 0 Å². The summed E-state index contributed by atoms with van der Waals surface area (Å²) in [5.41, 5.74) is -0.704. The third kappa shape index (κ3) is 1.77. The minimum atomic E-state index is -2.58. The van der Waals surface area contributed by atoms with Gasteiger partial charge in [-0.1, -0.05) is 12.8 Å². The topological polar surface area (TPSA) is 70.7 Å². The van der Waals surface area contributed by atoms with Crippen molar-refractivity contribution < 1.29 is 8.78 Å². The first kappa shape index (κ1) is 13.6. The molecule has 116 valence electrons. The number of pyridine rings is 1. The summed E-state index contributed by atoms with van der Waals surface area (Å²) < 4.78 is 28.1. The fourth-order valence-electron chi connectivity index (χ4n) is 3.82. The molecular weight excluding hydrogens is 290 g/mol. The van der Waals surface area contributed by atoms with Gasteiger partial charge in [-0.15, -0.1) is 0 Å². The summed E-state index contributed by atoms with van der Waals surface area (Å²) in [5, 5.41) is 3.40. The van der Waals surface area contributed by atoms with E-state index in [1.54, 1.807) is 6.07 Å². The van der Waals surface area contributed by atoms with Crippen LogP contribution in [-0.2, 0) is 0 Å². The van der Waals surface area contributed by atoms with Crippen molar-refractivity contribution in [1.29, 1.82) is 0 Å². The molecule has 4 rings (SSSR count). The molecule has 5 nitrogen and oxygen atoms in total. The Morgan fingerprint density at radius 1 is 1.36 bits per heavy atom. The molecule has 22 heavy (non-hydrogen) atoms. The molecule has 0 aromatic carbocycles. The van der Waals surface area contributed by atoms with Crippen LogP contribution in [0.25, 0.3) is 10.9 Å². The molecule has 0 bridgehead atoms. The predicted molar refractivity (Wildman–Crippen MR) is 78.0 cm³/mol. The van der Waals surface area contributed by atoms with E-state index >= 15 is 0 Å². The number of nitrogens with one attached hydrogen (secondary N) is 2. The smallest absolute Gasteiger partial charge is 0.259 e. The van der Waals surface area contributed by atoms with Gasteiger partial charge in [-0.05, 0) is 18.9 Å². The Balaban J connectivity index is 1.57. The van der Waals surface area contributed by atoms with Crippen molar-refractivity contribution in [2.24, 2.45) is 11.3 Å². The van der Waals surface area contributed by atoms with Crippen molar-refractivity contribution in [3.63, 3.8) is 0 Å². The minimum Gasteiger partial charge on any atom is -0.369 e. The Morgan fingerprint density at radius 2 is 2.23 bits per heavy atom. The number of alkyl halides is 2. The number of anilines is 1. The normalized spacial score (nSPS) is 29.1. The maximum atomic E-state index is 14.1. The van der Waals surface area contributed by atoms with Gasteiger partial charge >= 0.3 is 0 Å². The Labute approximate surface area is 125 Å². The average Bonchev–Trinajstić information content (AvgIpc) is 3.03. The number of hydrogen-bond acceptors (Lipinski definition) is 4. The van der Waals surface area contributed by atoms with Crippen molar-refractivity contribution >= 4 is 16.7 Å². The first-order valence-electron chi connectivity index (χ1n) is 7.50. The molecule has 2 unspecified atom stereocenters. The van der Waals surface area contributed by atoms with Crippen LogP contribution in [0.1, 0.15) is 25.7 Å². The van der Waals surface area contributed by atoms with Crippen molar-refractivity contribution in [2.75, 3.05) is 11.9 Å². The highest BCUT2D eigenvalue weighted by Crippen LogP contribution is 2.72. The largest absolute Gasteiger partial charge is 0.369 e. The maximum Gasteiger partial charge on any atom is 0.259 e. The SMILES string of the molecule is O=c1[nH]cnc2cnc(NCC34CCCCC3C4(F)F)cc12. The summed E-state index contributed by atoms with van der Waals surface area (Å²) in [6.07, 6.45) is 5.68. The van der Waals surface area contributed by atoms with Gasteiger partial charge in [0.1, 0.15) is 5.82 Å². The second kappa shape index (κ2) is 4.47. The lowest BCUT2D eigenvalue weighted by Crippen LogP contribution is -2.24. The van der Waals surface area contributed by atoms with Crippen LogP contribution in [0.4, 0.5) is 14.6 Å². The summed E-state index contributed by atoms with van der Waals surface area (Å²) in [4.78, 5) is 22.4. The number of H-pyrrole nitrogens is 1. The molecule has 2 aromatic rings. The average molecular weight is 306 g/mol. The number of hydrogen-bond donors (Lipinski definition) is 2. The van der Waals surface area contributed by atoms with Crippen LogP contribution in [-0.4, -0.2) is 27.4 Å². The monoisotopic (exact) mass is 306 g/mol. The molecule has 2 aliphatic rings. The highest BCUT2D eigenvalue weighted by molar-refractivity contribution is 5.78. The first-order chi connectivity index (χ1) is 10.5. The van der Waals surface area contributed by atoms with E-state index in [0.717, 1.165) is 12.8 Å². The summed E-state index contributed by atoms with van der Waals surface area (Å²) in [5.74, 6) is -2.65. The minimum absolute atomic E-state index is 0.196. The van der Waals surface area contributed by atoms with Gasteiger partial charge in [-0.25, -0.2) is 18.7 Å². The van der Waals surface area contributed by atoms with E-state index in [-0.39, 0.29) is 12.1 Å². The molecule has 2 atom stereocenters. The van der Waals surface area contributed by atoms with Gasteiger partial charge < -0.3 is 10.3 Å². The lowest BCUT2D eigenvalue weighted by Gasteiger charge is -2.21. The van der Waals surface area contributed by atoms with Gasteiger partial charge in [0.05, 0.1) is 28.8 Å². The lowest BCUT2D eigenvalue weighted by atomic mass is 9.88. The molecule has 0 saturated heterocycles.